The van der Waals surface area contributed by atoms with E-state index in [1.54, 1.807) is 0 Å². The standard InChI is InChI=1S/C15H23NO3/c16-12-15(8-4-9-17-13-15)19-11-5-10-18-14-6-2-1-3-7-14/h1-3,6-7H,4-5,8-13,16H2. The molecule has 0 aliphatic carbocycles. The number of hydrogen-bond donors (Lipinski definition) is 1. The van der Waals surface area contributed by atoms with E-state index >= 15 is 0 Å². The summed E-state index contributed by atoms with van der Waals surface area (Å²) in [6.07, 6.45) is 2.87. The van der Waals surface area contributed by atoms with Crippen LogP contribution in [0.2, 0.25) is 0 Å². The van der Waals surface area contributed by atoms with Crippen molar-refractivity contribution in [1.82, 2.24) is 0 Å². The topological polar surface area (TPSA) is 53.7 Å². The maximum absolute atomic E-state index is 5.93. The van der Waals surface area contributed by atoms with Gasteiger partial charge in [-0.15, -0.1) is 0 Å². The van der Waals surface area contributed by atoms with Crippen LogP contribution in [0.25, 0.3) is 0 Å². The molecule has 1 heterocycles. The predicted molar refractivity (Wildman–Crippen MR) is 74.3 cm³/mol. The van der Waals surface area contributed by atoms with Crippen LogP contribution >= 0.6 is 0 Å². The lowest BCUT2D eigenvalue weighted by Crippen LogP contribution is -2.48. The smallest absolute Gasteiger partial charge is 0.119 e. The predicted octanol–water partition coefficient (Wildman–Crippen LogP) is 1.98. The number of ether oxygens (including phenoxy) is 3. The molecule has 0 radical (unpaired) electrons. The third-order valence-corrected chi connectivity index (χ3v) is 3.37. The average Bonchev–Trinajstić information content (AvgIpc) is 2.49. The Balaban J connectivity index is 1.63. The van der Waals surface area contributed by atoms with Crippen LogP contribution in [-0.4, -0.2) is 38.6 Å². The molecule has 4 nitrogen and oxygen atoms in total. The fourth-order valence-electron chi connectivity index (χ4n) is 2.21. The van der Waals surface area contributed by atoms with E-state index in [0.29, 0.717) is 26.4 Å². The molecule has 1 fully saturated rings. The molecule has 19 heavy (non-hydrogen) atoms. The number of para-hydroxylation sites is 1. The summed E-state index contributed by atoms with van der Waals surface area (Å²) in [5.74, 6) is 0.900. The second kappa shape index (κ2) is 7.48. The second-order valence-electron chi connectivity index (χ2n) is 4.91. The van der Waals surface area contributed by atoms with Crippen LogP contribution in [-0.2, 0) is 9.47 Å². The molecule has 1 saturated heterocycles. The van der Waals surface area contributed by atoms with E-state index in [-0.39, 0.29) is 5.60 Å². The van der Waals surface area contributed by atoms with E-state index in [4.69, 9.17) is 19.9 Å². The van der Waals surface area contributed by atoms with Gasteiger partial charge < -0.3 is 19.9 Å². The van der Waals surface area contributed by atoms with Crippen molar-refractivity contribution >= 4 is 0 Å². The van der Waals surface area contributed by atoms with Gasteiger partial charge in [0.1, 0.15) is 11.4 Å². The molecule has 4 heteroatoms. The Morgan fingerprint density at radius 3 is 2.74 bits per heavy atom. The number of rotatable bonds is 7. The highest BCUT2D eigenvalue weighted by atomic mass is 16.5. The van der Waals surface area contributed by atoms with Gasteiger partial charge >= 0.3 is 0 Å². The lowest BCUT2D eigenvalue weighted by Gasteiger charge is -2.35. The monoisotopic (exact) mass is 265 g/mol. The zero-order valence-corrected chi connectivity index (χ0v) is 11.3. The van der Waals surface area contributed by atoms with Crippen LogP contribution in [0, 0.1) is 0 Å². The van der Waals surface area contributed by atoms with Crippen molar-refractivity contribution in [2.45, 2.75) is 24.9 Å². The highest BCUT2D eigenvalue weighted by molar-refractivity contribution is 5.20. The molecule has 1 unspecified atom stereocenters. The van der Waals surface area contributed by atoms with Crippen LogP contribution in [0.3, 0.4) is 0 Å². The van der Waals surface area contributed by atoms with Crippen molar-refractivity contribution in [3.63, 3.8) is 0 Å². The molecular weight excluding hydrogens is 242 g/mol. The van der Waals surface area contributed by atoms with Crippen LogP contribution in [0.4, 0.5) is 0 Å². The van der Waals surface area contributed by atoms with Gasteiger partial charge in [-0.25, -0.2) is 0 Å². The molecule has 0 saturated carbocycles. The summed E-state index contributed by atoms with van der Waals surface area (Å²) in [5, 5.41) is 0. The van der Waals surface area contributed by atoms with Crippen molar-refractivity contribution in [3.8, 4) is 5.75 Å². The van der Waals surface area contributed by atoms with E-state index in [0.717, 1.165) is 31.6 Å². The Labute approximate surface area is 114 Å². The summed E-state index contributed by atoms with van der Waals surface area (Å²) in [5.41, 5.74) is 5.53. The lowest BCUT2D eigenvalue weighted by molar-refractivity contribution is -0.124. The molecule has 1 atom stereocenters. The summed E-state index contributed by atoms with van der Waals surface area (Å²) in [4.78, 5) is 0. The molecule has 0 aromatic heterocycles. The quantitative estimate of drug-likeness (QED) is 0.766. The van der Waals surface area contributed by atoms with Gasteiger partial charge in [-0.05, 0) is 25.0 Å². The Morgan fingerprint density at radius 2 is 2.05 bits per heavy atom. The SMILES string of the molecule is NCC1(OCCCOc2ccccc2)CCCOC1. The molecule has 1 aromatic carbocycles. The van der Waals surface area contributed by atoms with Gasteiger partial charge in [0.05, 0.1) is 19.8 Å². The van der Waals surface area contributed by atoms with Crippen molar-refractivity contribution in [2.24, 2.45) is 5.73 Å². The first-order chi connectivity index (χ1) is 9.35. The van der Waals surface area contributed by atoms with E-state index < -0.39 is 0 Å². The summed E-state index contributed by atoms with van der Waals surface area (Å²) in [6.45, 7) is 3.27. The molecule has 1 aromatic rings. The molecule has 1 aliphatic heterocycles. The first-order valence-corrected chi connectivity index (χ1v) is 6.94. The summed E-state index contributed by atoms with van der Waals surface area (Å²) in [6, 6.07) is 9.82. The van der Waals surface area contributed by atoms with Gasteiger partial charge in [0.15, 0.2) is 0 Å². The molecule has 2 rings (SSSR count). The fourth-order valence-corrected chi connectivity index (χ4v) is 2.21. The van der Waals surface area contributed by atoms with Gasteiger partial charge in [-0.1, -0.05) is 18.2 Å². The van der Waals surface area contributed by atoms with Crippen LogP contribution in [0.1, 0.15) is 19.3 Å². The summed E-state index contributed by atoms with van der Waals surface area (Å²) in [7, 11) is 0. The normalized spacial score (nSPS) is 23.2. The highest BCUT2D eigenvalue weighted by Crippen LogP contribution is 2.22. The number of hydrogen-bond acceptors (Lipinski definition) is 4. The van der Waals surface area contributed by atoms with Crippen molar-refractivity contribution in [2.75, 3.05) is 33.0 Å². The van der Waals surface area contributed by atoms with Gasteiger partial charge in [-0.2, -0.15) is 0 Å². The minimum atomic E-state index is -0.273. The molecule has 0 spiro atoms. The second-order valence-corrected chi connectivity index (χ2v) is 4.91. The first kappa shape index (κ1) is 14.3. The molecule has 106 valence electrons. The van der Waals surface area contributed by atoms with Crippen molar-refractivity contribution in [1.29, 1.82) is 0 Å². The van der Waals surface area contributed by atoms with Gasteiger partial charge in [-0.3, -0.25) is 0 Å². The van der Waals surface area contributed by atoms with E-state index in [1.165, 1.54) is 0 Å². The molecule has 0 bridgehead atoms. The summed E-state index contributed by atoms with van der Waals surface area (Å²) >= 11 is 0. The number of benzene rings is 1. The third-order valence-electron chi connectivity index (χ3n) is 3.37. The molecular formula is C15H23NO3. The van der Waals surface area contributed by atoms with E-state index in [9.17, 15) is 0 Å². The largest absolute Gasteiger partial charge is 0.494 e. The van der Waals surface area contributed by atoms with Crippen molar-refractivity contribution < 1.29 is 14.2 Å². The van der Waals surface area contributed by atoms with Crippen LogP contribution < -0.4 is 10.5 Å². The third kappa shape index (κ3) is 4.49. The minimum absolute atomic E-state index is 0.273. The molecule has 1 aliphatic rings. The van der Waals surface area contributed by atoms with Gasteiger partial charge in [0, 0.05) is 19.6 Å². The zero-order valence-electron chi connectivity index (χ0n) is 11.3. The van der Waals surface area contributed by atoms with Crippen LogP contribution in [0.5, 0.6) is 5.75 Å². The Kier molecular flexibility index (Phi) is 5.63. The van der Waals surface area contributed by atoms with Gasteiger partial charge in [0.25, 0.3) is 0 Å². The van der Waals surface area contributed by atoms with Gasteiger partial charge in [0.2, 0.25) is 0 Å². The maximum atomic E-state index is 5.93. The first-order valence-electron chi connectivity index (χ1n) is 6.94. The zero-order chi connectivity index (χ0) is 13.4. The fraction of sp³-hybridized carbons (Fsp3) is 0.600. The highest BCUT2D eigenvalue weighted by Gasteiger charge is 2.32. The Bertz CT molecular complexity index is 350. The van der Waals surface area contributed by atoms with E-state index in [2.05, 4.69) is 0 Å². The molecule has 0 amide bonds. The Morgan fingerprint density at radius 1 is 1.21 bits per heavy atom. The lowest BCUT2D eigenvalue weighted by atomic mass is 9.96. The average molecular weight is 265 g/mol. The van der Waals surface area contributed by atoms with Crippen molar-refractivity contribution in [3.05, 3.63) is 30.3 Å². The number of nitrogens with two attached hydrogens (primary N) is 1. The molecule has 2 N–H and O–H groups in total. The minimum Gasteiger partial charge on any atom is -0.494 e. The maximum Gasteiger partial charge on any atom is 0.119 e. The Hall–Kier alpha value is -1.10. The summed E-state index contributed by atoms with van der Waals surface area (Å²) < 4.78 is 17.0. The van der Waals surface area contributed by atoms with E-state index in [1.807, 2.05) is 30.3 Å². The van der Waals surface area contributed by atoms with Crippen LogP contribution in [0.15, 0.2) is 30.3 Å².